The van der Waals surface area contributed by atoms with Crippen LogP contribution in [0.25, 0.3) is 10.1 Å². The average molecular weight is 307 g/mol. The van der Waals surface area contributed by atoms with Gasteiger partial charge in [0.25, 0.3) is 0 Å². The van der Waals surface area contributed by atoms with E-state index in [2.05, 4.69) is 4.74 Å². The van der Waals surface area contributed by atoms with Crippen molar-refractivity contribution in [3.8, 4) is 0 Å². The van der Waals surface area contributed by atoms with Crippen LogP contribution in [0, 0.1) is 0 Å². The zero-order valence-corrected chi connectivity index (χ0v) is 11.2. The molecule has 2 N–H and O–H groups in total. The molecule has 0 spiro atoms. The third-order valence-corrected chi connectivity index (χ3v) is 3.80. The number of thiophene rings is 1. The van der Waals surface area contributed by atoms with Crippen molar-refractivity contribution in [2.75, 3.05) is 13.2 Å². The number of nitrogens with two attached hydrogens (primary N) is 1. The molecule has 1 aromatic heterocycles. The van der Waals surface area contributed by atoms with Gasteiger partial charge in [-0.2, -0.15) is 8.78 Å². The van der Waals surface area contributed by atoms with E-state index in [9.17, 15) is 17.6 Å². The van der Waals surface area contributed by atoms with Crippen LogP contribution in [0.15, 0.2) is 29.6 Å². The van der Waals surface area contributed by atoms with Crippen molar-refractivity contribution in [3.63, 3.8) is 0 Å². The molecular weight excluding hydrogens is 294 g/mol. The van der Waals surface area contributed by atoms with E-state index in [1.807, 2.05) is 17.5 Å². The number of rotatable bonds is 6. The molecule has 0 aliphatic rings. The molecular formula is C13H13F4NOS. The van der Waals surface area contributed by atoms with Gasteiger partial charge >= 0.3 is 12.3 Å². The summed E-state index contributed by atoms with van der Waals surface area (Å²) in [6, 6.07) is 6.78. The minimum atomic E-state index is -4.14. The molecule has 0 amide bonds. The van der Waals surface area contributed by atoms with E-state index in [1.165, 1.54) is 11.3 Å². The topological polar surface area (TPSA) is 35.2 Å². The zero-order valence-electron chi connectivity index (χ0n) is 10.4. The second-order valence-electron chi connectivity index (χ2n) is 4.37. The van der Waals surface area contributed by atoms with Crippen LogP contribution in [0.5, 0.6) is 0 Å². The van der Waals surface area contributed by atoms with E-state index in [1.54, 1.807) is 12.1 Å². The normalized spacial score (nSPS) is 14.1. The highest BCUT2D eigenvalue weighted by molar-refractivity contribution is 7.17. The predicted octanol–water partition coefficient (Wildman–Crippen LogP) is 3.82. The summed E-state index contributed by atoms with van der Waals surface area (Å²) in [7, 11) is 0. The van der Waals surface area contributed by atoms with Crippen LogP contribution < -0.4 is 5.73 Å². The van der Waals surface area contributed by atoms with Crippen LogP contribution in [0.1, 0.15) is 11.6 Å². The van der Waals surface area contributed by atoms with Crippen molar-refractivity contribution < 1.29 is 22.3 Å². The van der Waals surface area contributed by atoms with Gasteiger partial charge in [-0.1, -0.05) is 18.2 Å². The number of alkyl halides is 4. The van der Waals surface area contributed by atoms with E-state index < -0.39 is 25.0 Å². The molecule has 0 aliphatic carbocycles. The fraction of sp³-hybridized carbons (Fsp3) is 0.385. The Hall–Kier alpha value is -1.18. The lowest BCUT2D eigenvalue weighted by Gasteiger charge is -2.18. The monoisotopic (exact) mass is 307 g/mol. The van der Waals surface area contributed by atoms with Crippen LogP contribution in [-0.4, -0.2) is 25.6 Å². The summed E-state index contributed by atoms with van der Waals surface area (Å²) < 4.78 is 54.9. The predicted molar refractivity (Wildman–Crippen MR) is 70.5 cm³/mol. The lowest BCUT2D eigenvalue weighted by Crippen LogP contribution is -2.33. The first-order valence-corrected chi connectivity index (χ1v) is 6.75. The Morgan fingerprint density at radius 2 is 2.00 bits per heavy atom. The first-order valence-electron chi connectivity index (χ1n) is 5.87. The maximum absolute atomic E-state index is 12.7. The molecule has 0 fully saturated rings. The molecule has 0 radical (unpaired) electrons. The van der Waals surface area contributed by atoms with E-state index in [-0.39, 0.29) is 6.61 Å². The molecule has 1 aromatic carbocycles. The number of benzene rings is 1. The number of ether oxygens (including phenoxy) is 1. The Morgan fingerprint density at radius 1 is 1.25 bits per heavy atom. The van der Waals surface area contributed by atoms with Crippen molar-refractivity contribution in [2.24, 2.45) is 5.73 Å². The summed E-state index contributed by atoms with van der Waals surface area (Å²) >= 11 is 1.48. The van der Waals surface area contributed by atoms with Gasteiger partial charge in [0.1, 0.15) is 6.61 Å². The number of hydrogen-bond acceptors (Lipinski definition) is 3. The average Bonchev–Trinajstić information content (AvgIpc) is 2.86. The Kier molecular flexibility index (Phi) is 4.62. The number of halogens is 4. The molecule has 2 nitrogen and oxygen atoms in total. The van der Waals surface area contributed by atoms with Crippen LogP contribution in [-0.2, 0) is 4.74 Å². The minimum Gasteiger partial charge on any atom is -0.373 e. The Morgan fingerprint density at radius 3 is 2.70 bits per heavy atom. The van der Waals surface area contributed by atoms with E-state index in [0.29, 0.717) is 0 Å². The highest BCUT2D eigenvalue weighted by Crippen LogP contribution is 2.29. The second-order valence-corrected chi connectivity index (χ2v) is 5.29. The number of fused-ring (bicyclic) bond motifs is 1. The molecule has 7 heteroatoms. The van der Waals surface area contributed by atoms with Crippen molar-refractivity contribution in [2.45, 2.75) is 18.4 Å². The van der Waals surface area contributed by atoms with Crippen LogP contribution in [0.4, 0.5) is 17.6 Å². The number of hydrogen-bond donors (Lipinski definition) is 1. The zero-order chi connectivity index (χ0) is 14.8. The molecule has 0 bridgehead atoms. The molecule has 0 aliphatic heterocycles. The maximum atomic E-state index is 12.7. The minimum absolute atomic E-state index is 0.237. The molecule has 2 rings (SSSR count). The molecule has 1 unspecified atom stereocenters. The van der Waals surface area contributed by atoms with Gasteiger partial charge in [0.05, 0.1) is 12.6 Å². The molecule has 1 heterocycles. The Bertz CT molecular complexity index is 572. The van der Waals surface area contributed by atoms with Crippen molar-refractivity contribution in [1.82, 2.24) is 0 Å². The summed E-state index contributed by atoms with van der Waals surface area (Å²) in [5.41, 5.74) is 6.64. The maximum Gasteiger partial charge on any atom is 0.330 e. The summed E-state index contributed by atoms with van der Waals surface area (Å²) in [4.78, 5) is 0. The van der Waals surface area contributed by atoms with Crippen molar-refractivity contribution in [1.29, 1.82) is 0 Å². The van der Waals surface area contributed by atoms with Gasteiger partial charge in [-0.25, -0.2) is 8.78 Å². The molecule has 0 saturated carbocycles. The molecule has 20 heavy (non-hydrogen) atoms. The van der Waals surface area contributed by atoms with Gasteiger partial charge in [-0.3, -0.25) is 0 Å². The van der Waals surface area contributed by atoms with E-state index in [4.69, 9.17) is 5.73 Å². The molecule has 1 atom stereocenters. The largest absolute Gasteiger partial charge is 0.373 e. The smallest absolute Gasteiger partial charge is 0.330 e. The summed E-state index contributed by atoms with van der Waals surface area (Å²) in [6.45, 7) is -1.57. The second kappa shape index (κ2) is 6.07. The van der Waals surface area contributed by atoms with Gasteiger partial charge in [0.2, 0.25) is 0 Å². The van der Waals surface area contributed by atoms with Crippen LogP contribution in [0.3, 0.4) is 0 Å². The van der Waals surface area contributed by atoms with Gasteiger partial charge in [-0.05, 0) is 22.4 Å². The van der Waals surface area contributed by atoms with Crippen LogP contribution in [0.2, 0.25) is 0 Å². The summed E-state index contributed by atoms with van der Waals surface area (Å²) in [5.74, 6) is -4.14. The van der Waals surface area contributed by atoms with E-state index in [0.717, 1.165) is 15.6 Å². The van der Waals surface area contributed by atoms with Gasteiger partial charge in [-0.15, -0.1) is 11.3 Å². The van der Waals surface area contributed by atoms with E-state index >= 15 is 0 Å². The summed E-state index contributed by atoms with van der Waals surface area (Å²) in [5, 5.41) is 2.90. The lowest BCUT2D eigenvalue weighted by molar-refractivity contribution is -0.166. The molecule has 110 valence electrons. The van der Waals surface area contributed by atoms with Crippen molar-refractivity contribution in [3.05, 3.63) is 35.2 Å². The Balaban J connectivity index is 1.99. The highest BCUT2D eigenvalue weighted by Gasteiger charge is 2.41. The van der Waals surface area contributed by atoms with Crippen LogP contribution >= 0.6 is 11.3 Å². The third-order valence-electron chi connectivity index (χ3n) is 2.82. The third kappa shape index (κ3) is 3.28. The molecule has 0 saturated heterocycles. The quantitative estimate of drug-likeness (QED) is 0.824. The first-order chi connectivity index (χ1) is 9.42. The fourth-order valence-electron chi connectivity index (χ4n) is 1.78. The van der Waals surface area contributed by atoms with Gasteiger partial charge in [0.15, 0.2) is 0 Å². The summed E-state index contributed by atoms with van der Waals surface area (Å²) in [6.07, 6.45) is -3.74. The Labute approximate surface area is 117 Å². The van der Waals surface area contributed by atoms with Gasteiger partial charge in [0, 0.05) is 4.70 Å². The van der Waals surface area contributed by atoms with Gasteiger partial charge < -0.3 is 10.5 Å². The standard InChI is InChI=1S/C13H13F4NOS/c14-12(15)13(16,17)7-19-6-10(18)9-3-1-2-8-4-5-20-11(8)9/h1-5,10,12H,6-7,18H2. The lowest BCUT2D eigenvalue weighted by atomic mass is 10.1. The SMILES string of the molecule is NC(COCC(F)(F)C(F)F)c1cccc2ccsc12. The highest BCUT2D eigenvalue weighted by atomic mass is 32.1. The first kappa shape index (κ1) is 15.2. The molecule has 2 aromatic rings. The van der Waals surface area contributed by atoms with Crippen molar-refractivity contribution >= 4 is 21.4 Å². The fourth-order valence-corrected chi connectivity index (χ4v) is 2.76.